The van der Waals surface area contributed by atoms with Gasteiger partial charge in [0.25, 0.3) is 0 Å². The number of hydrogen-bond acceptors (Lipinski definition) is 19. The van der Waals surface area contributed by atoms with E-state index in [4.69, 9.17) is 24.2 Å². The predicted molar refractivity (Wildman–Crippen MR) is 352 cm³/mol. The van der Waals surface area contributed by atoms with Crippen molar-refractivity contribution < 1.29 is 32.2 Å². The molecule has 4 fully saturated rings. The summed E-state index contributed by atoms with van der Waals surface area (Å²) in [6.07, 6.45) is 5.51. The van der Waals surface area contributed by atoms with Crippen LogP contribution in [0, 0.1) is 59.2 Å². The maximum absolute atomic E-state index is 14.4. The summed E-state index contributed by atoms with van der Waals surface area (Å²) in [4.78, 5) is 54.1. The lowest BCUT2D eigenvalue weighted by molar-refractivity contribution is -0.129. The number of sulfone groups is 1. The number of benzene rings is 4. The number of pyridine rings is 2. The molecule has 21 nitrogen and oxygen atoms in total. The maximum Gasteiger partial charge on any atom is 0.246 e. The summed E-state index contributed by atoms with van der Waals surface area (Å²) >= 11 is 0. The second-order valence-electron chi connectivity index (χ2n) is 24.8. The fourth-order valence-corrected chi connectivity index (χ4v) is 15.6. The average Bonchev–Trinajstić information content (AvgIpc) is 0.763. The van der Waals surface area contributed by atoms with Gasteiger partial charge in [-0.15, -0.1) is 0 Å². The van der Waals surface area contributed by atoms with E-state index in [0.29, 0.717) is 115 Å². The van der Waals surface area contributed by atoms with Gasteiger partial charge in [-0.1, -0.05) is 67.2 Å². The van der Waals surface area contributed by atoms with Gasteiger partial charge in [0, 0.05) is 118 Å². The molecule has 2 unspecified atom stereocenters. The Morgan fingerprint density at radius 2 is 1.16 bits per heavy atom. The number of hydrogen-bond donors (Lipinski definition) is 0. The zero-order chi connectivity index (χ0) is 64.2. The van der Waals surface area contributed by atoms with Crippen LogP contribution in [0.1, 0.15) is 57.6 Å². The first-order chi connectivity index (χ1) is 44.7. The highest BCUT2D eigenvalue weighted by Crippen LogP contribution is 2.43. The number of carbonyl (C=O) groups is 2. The third-order valence-corrected chi connectivity index (χ3v) is 20.8. The summed E-state index contributed by atoms with van der Waals surface area (Å²) in [5.74, 6) is 0.101. The lowest BCUT2D eigenvalue weighted by Crippen LogP contribution is -2.55. The topological polar surface area (TPSA) is 243 Å². The predicted octanol–water partition coefficient (Wildman–Crippen LogP) is 6.76. The van der Waals surface area contributed by atoms with Crippen LogP contribution in [-0.4, -0.2) is 191 Å². The molecule has 0 saturated carbocycles. The molecule has 0 radical (unpaired) electrons. The molecule has 22 heteroatoms. The second-order valence-corrected chi connectivity index (χ2v) is 27.1. The van der Waals surface area contributed by atoms with Crippen molar-refractivity contribution in [1.82, 2.24) is 29.6 Å². The highest BCUT2D eigenvalue weighted by atomic mass is 32.2. The summed E-state index contributed by atoms with van der Waals surface area (Å²) in [6, 6.07) is 33.6. The fraction of sp³-hybridized carbons (Fsp3) is 0.429. The van der Waals surface area contributed by atoms with Crippen molar-refractivity contribution in [3.8, 4) is 36.0 Å². The summed E-state index contributed by atoms with van der Waals surface area (Å²) in [7, 11) is -1.10. The van der Waals surface area contributed by atoms with Crippen LogP contribution < -0.4 is 29.1 Å². The number of anilines is 4. The van der Waals surface area contributed by atoms with Crippen LogP contribution in [0.4, 0.5) is 22.7 Å². The Balaban J connectivity index is 0.742. The van der Waals surface area contributed by atoms with E-state index in [0.717, 1.165) is 50.3 Å². The molecular weight excluding hydrogens is 1180 g/mol. The van der Waals surface area contributed by atoms with Crippen LogP contribution in [-0.2, 0) is 50.1 Å². The van der Waals surface area contributed by atoms with Gasteiger partial charge < -0.3 is 43.6 Å². The molecule has 6 aliphatic heterocycles. The quantitative estimate of drug-likeness (QED) is 0.0909. The Labute approximate surface area is 538 Å². The first kappa shape index (κ1) is 62.9. The standard InChI is InChI=1S/C70H76N14O7S/c1-5-63(85)83-30-28-81(40-51(83)20-24-71)68-56-23-27-80(62-17-9-15-50-13-7-11-48(3)66(50)62)44-60(56)76-70(58(68)39-74)91-46-53-45-90-54(42-77(53)4)18-19-64(86)84-31-29-82(41-52(84)21-25-72)67-55-22-26-79(61-16-8-14-49-12-6-10-47(2)65(49)61)43-59(55)75-69(57(67)38-73)89-35-32-78-33-36-92(87,88)37-34-78/h5-19,51-54H,1,20-23,26-37,40-46H2,2-4H3/b19-18+/t51-,52-,53?,54?/m0/s1. The molecule has 2 aromatic heterocycles. The number of rotatable bonds is 16. The Kier molecular flexibility index (Phi) is 18.6. The lowest BCUT2D eigenvalue weighted by atomic mass is 9.95. The minimum absolute atomic E-state index is 0.0596. The number of likely N-dealkylation sites (N-methyl/N-ethyl adjacent to an activating group) is 1. The lowest BCUT2D eigenvalue weighted by Gasteiger charge is -2.43. The minimum atomic E-state index is -3.07. The molecule has 0 N–H and O–H groups in total. The van der Waals surface area contributed by atoms with E-state index in [1.54, 1.807) is 15.9 Å². The minimum Gasteiger partial charge on any atom is -0.475 e. The maximum atomic E-state index is 14.4. The van der Waals surface area contributed by atoms with Gasteiger partial charge in [-0.25, -0.2) is 18.4 Å². The number of fused-ring (bicyclic) bond motifs is 4. The fourth-order valence-electron chi connectivity index (χ4n) is 14.3. The number of carbonyl (C=O) groups excluding carboxylic acids is 2. The van der Waals surface area contributed by atoms with Crippen molar-refractivity contribution >= 4 is 65.9 Å². The molecule has 0 bridgehead atoms. The Morgan fingerprint density at radius 1 is 0.652 bits per heavy atom. The van der Waals surface area contributed by atoms with Gasteiger partial charge in [-0.05, 0) is 79.9 Å². The number of ether oxygens (including phenoxy) is 3. The number of morpholine rings is 1. The van der Waals surface area contributed by atoms with Crippen LogP contribution in [0.15, 0.2) is 97.6 Å². The molecule has 4 saturated heterocycles. The van der Waals surface area contributed by atoms with E-state index >= 15 is 0 Å². The first-order valence-electron chi connectivity index (χ1n) is 31.7. The molecule has 0 aliphatic carbocycles. The third kappa shape index (κ3) is 12.9. The summed E-state index contributed by atoms with van der Waals surface area (Å²) in [5.41, 5.74) is 10.0. The molecule has 4 aromatic carbocycles. The van der Waals surface area contributed by atoms with Crippen molar-refractivity contribution in [3.63, 3.8) is 0 Å². The van der Waals surface area contributed by atoms with Crippen LogP contribution in [0.3, 0.4) is 0 Å². The van der Waals surface area contributed by atoms with Gasteiger partial charge in [0.2, 0.25) is 23.6 Å². The van der Waals surface area contributed by atoms with E-state index in [2.05, 4.69) is 142 Å². The average molecular weight is 1260 g/mol. The molecule has 0 spiro atoms. The molecule has 92 heavy (non-hydrogen) atoms. The molecule has 4 atom stereocenters. The third-order valence-electron chi connectivity index (χ3n) is 19.2. The normalized spacial score (nSPS) is 21.0. The number of amides is 2. The van der Waals surface area contributed by atoms with Gasteiger partial charge in [-0.3, -0.25) is 19.4 Å². The molecule has 6 aromatic rings. The number of nitrogens with zero attached hydrogens (tertiary/aromatic N) is 14. The Morgan fingerprint density at radius 3 is 1.66 bits per heavy atom. The van der Waals surface area contributed by atoms with E-state index in [-0.39, 0.29) is 80.3 Å². The number of aromatic nitrogens is 2. The van der Waals surface area contributed by atoms with Crippen molar-refractivity contribution in [1.29, 1.82) is 21.0 Å². The molecular formula is C70H76N14O7S. The van der Waals surface area contributed by atoms with Gasteiger partial charge in [0.05, 0.1) is 103 Å². The highest BCUT2D eigenvalue weighted by molar-refractivity contribution is 7.91. The van der Waals surface area contributed by atoms with Crippen LogP contribution in [0.5, 0.6) is 11.8 Å². The van der Waals surface area contributed by atoms with E-state index in [9.17, 15) is 39.1 Å². The van der Waals surface area contributed by atoms with E-state index < -0.39 is 28.0 Å². The molecule has 2 amide bonds. The monoisotopic (exact) mass is 1260 g/mol. The van der Waals surface area contributed by atoms with Crippen molar-refractivity contribution in [2.45, 2.75) is 76.8 Å². The van der Waals surface area contributed by atoms with Crippen LogP contribution in [0.2, 0.25) is 0 Å². The second kappa shape index (κ2) is 27.3. The number of nitriles is 4. The molecule has 474 valence electrons. The van der Waals surface area contributed by atoms with E-state index in [1.165, 1.54) is 34.1 Å². The van der Waals surface area contributed by atoms with Gasteiger partial charge >= 0.3 is 0 Å². The van der Waals surface area contributed by atoms with Crippen molar-refractivity contribution in [2.24, 2.45) is 0 Å². The number of piperazine rings is 2. The first-order valence-corrected chi connectivity index (χ1v) is 33.5. The van der Waals surface area contributed by atoms with Crippen LogP contribution in [0.25, 0.3) is 21.5 Å². The summed E-state index contributed by atoms with van der Waals surface area (Å²) in [5, 5.41) is 46.8. The van der Waals surface area contributed by atoms with Crippen molar-refractivity contribution in [2.75, 3.05) is 137 Å². The highest BCUT2D eigenvalue weighted by Gasteiger charge is 2.39. The van der Waals surface area contributed by atoms with Gasteiger partial charge in [0.15, 0.2) is 9.84 Å². The summed E-state index contributed by atoms with van der Waals surface area (Å²) < 4.78 is 43.9. The number of aryl methyl sites for hydroxylation is 2. The van der Waals surface area contributed by atoms with Gasteiger partial charge in [0.1, 0.15) is 36.5 Å². The molecule has 6 aliphatic rings. The smallest absolute Gasteiger partial charge is 0.246 e. The molecule has 12 rings (SSSR count). The Bertz CT molecular complexity index is 4160. The zero-order valence-electron chi connectivity index (χ0n) is 52.5. The Hall–Kier alpha value is -9.29. The molecule has 8 heterocycles. The SMILES string of the molecule is C=CC(=O)N1CCN(c2c(C#N)c(OCC3COC(/C=C/C(=O)N4CCN(c5c(C#N)c(OCCN6CCS(=O)(=O)CC6)nc6c5CCN(c5cccc7cccc(C)c57)C6)C[C@@H]4CC#N)CN3C)nc3c2CCN(c2cccc4cccc(C)c24)C3)C[C@@H]1CC#N. The zero-order valence-corrected chi connectivity index (χ0v) is 53.3. The van der Waals surface area contributed by atoms with Crippen molar-refractivity contribution in [3.05, 3.63) is 142 Å². The largest absolute Gasteiger partial charge is 0.475 e. The van der Waals surface area contributed by atoms with E-state index in [1.807, 2.05) is 11.9 Å². The summed E-state index contributed by atoms with van der Waals surface area (Å²) in [6.45, 7) is 14.6. The van der Waals surface area contributed by atoms with Gasteiger partial charge in [-0.2, -0.15) is 21.0 Å². The van der Waals surface area contributed by atoms with Crippen LogP contribution >= 0.6 is 0 Å².